The van der Waals surface area contributed by atoms with Crippen LogP contribution >= 0.6 is 0 Å². The summed E-state index contributed by atoms with van der Waals surface area (Å²) in [6, 6.07) is 16.8. The number of fused-ring (bicyclic) bond motifs is 1. The molecule has 1 heteroatoms. The second-order valence-electron chi connectivity index (χ2n) is 4.40. The summed E-state index contributed by atoms with van der Waals surface area (Å²) >= 11 is 0. The Morgan fingerprint density at radius 3 is 2.61 bits per heavy atom. The molecule has 0 saturated heterocycles. The number of benzene rings is 2. The molecule has 0 atom stereocenters. The van der Waals surface area contributed by atoms with Gasteiger partial charge >= 0.3 is 0 Å². The molecule has 0 spiro atoms. The topological polar surface area (TPSA) is 12.0 Å². The highest BCUT2D eigenvalue weighted by molar-refractivity contribution is 5.66. The molecule has 0 heterocycles. The van der Waals surface area contributed by atoms with Gasteiger partial charge in [-0.1, -0.05) is 48.6 Å². The molecule has 88 valence electrons. The molecule has 3 rings (SSSR count). The Bertz CT molecular complexity index is 594. The summed E-state index contributed by atoms with van der Waals surface area (Å²) < 4.78 is 0. The Hall–Kier alpha value is -2.28. The van der Waals surface area contributed by atoms with Crippen molar-refractivity contribution in [3.05, 3.63) is 77.9 Å². The lowest BCUT2D eigenvalue weighted by atomic mass is 10.0. The van der Waals surface area contributed by atoms with Gasteiger partial charge in [0.2, 0.25) is 0 Å². The second-order valence-corrected chi connectivity index (χ2v) is 4.40. The van der Waals surface area contributed by atoms with Gasteiger partial charge in [0.15, 0.2) is 0 Å². The summed E-state index contributed by atoms with van der Waals surface area (Å²) in [5.74, 6) is 0. The van der Waals surface area contributed by atoms with Gasteiger partial charge < -0.3 is 5.32 Å². The molecule has 2 aromatic rings. The predicted octanol–water partition coefficient (Wildman–Crippen LogP) is 4.56. The van der Waals surface area contributed by atoms with Crippen LogP contribution in [0.25, 0.3) is 6.08 Å². The lowest BCUT2D eigenvalue weighted by Crippen LogP contribution is -1.93. The zero-order valence-electron chi connectivity index (χ0n) is 10.1. The van der Waals surface area contributed by atoms with E-state index in [-0.39, 0.29) is 0 Å². The highest BCUT2D eigenvalue weighted by Crippen LogP contribution is 2.22. The number of rotatable bonds is 2. The van der Waals surface area contributed by atoms with E-state index >= 15 is 0 Å². The van der Waals surface area contributed by atoms with Gasteiger partial charge in [-0.3, -0.25) is 0 Å². The van der Waals surface area contributed by atoms with E-state index in [9.17, 15) is 0 Å². The summed E-state index contributed by atoms with van der Waals surface area (Å²) in [5.41, 5.74) is 4.93. The number of nitrogens with one attached hydrogen (secondary N) is 1. The van der Waals surface area contributed by atoms with E-state index < -0.39 is 0 Å². The van der Waals surface area contributed by atoms with Gasteiger partial charge in [0.05, 0.1) is 0 Å². The SMILES string of the molecule is C1=CCc2cc(Nc3ccccc3)ccc2C=C1. The van der Waals surface area contributed by atoms with Crippen molar-refractivity contribution in [1.82, 2.24) is 0 Å². The van der Waals surface area contributed by atoms with Crippen LogP contribution in [0, 0.1) is 0 Å². The van der Waals surface area contributed by atoms with E-state index in [1.54, 1.807) is 0 Å². The standard InChI is InChI=1S/C17H15N/c1-3-7-14-11-12-17(13-15(14)8-4-1)18-16-9-5-2-6-10-16/h1-7,9-13,18H,8H2. The maximum absolute atomic E-state index is 3.43. The molecule has 1 nitrogen and oxygen atoms in total. The predicted molar refractivity (Wildman–Crippen MR) is 78.0 cm³/mol. The molecular weight excluding hydrogens is 218 g/mol. The molecule has 1 N–H and O–H groups in total. The largest absolute Gasteiger partial charge is 0.356 e. The fraction of sp³-hybridized carbons (Fsp3) is 0.0588. The van der Waals surface area contributed by atoms with E-state index in [4.69, 9.17) is 0 Å². The van der Waals surface area contributed by atoms with E-state index in [0.717, 1.165) is 17.8 Å². The lowest BCUT2D eigenvalue weighted by Gasteiger charge is -2.09. The number of para-hydroxylation sites is 1. The summed E-state index contributed by atoms with van der Waals surface area (Å²) in [4.78, 5) is 0. The third-order valence-electron chi connectivity index (χ3n) is 3.07. The van der Waals surface area contributed by atoms with Gasteiger partial charge in [0.1, 0.15) is 0 Å². The van der Waals surface area contributed by atoms with Crippen molar-refractivity contribution < 1.29 is 0 Å². The van der Waals surface area contributed by atoms with Crippen LogP contribution in [0.1, 0.15) is 11.1 Å². The molecule has 0 fully saturated rings. The minimum atomic E-state index is 0.993. The average Bonchev–Trinajstić information content (AvgIpc) is 2.64. The summed E-state index contributed by atoms with van der Waals surface area (Å²) in [5, 5.41) is 3.43. The van der Waals surface area contributed by atoms with Crippen LogP contribution in [0.3, 0.4) is 0 Å². The Balaban J connectivity index is 1.89. The Morgan fingerprint density at radius 2 is 1.72 bits per heavy atom. The van der Waals surface area contributed by atoms with Crippen molar-refractivity contribution in [2.45, 2.75) is 6.42 Å². The second kappa shape index (κ2) is 4.92. The number of allylic oxidation sites excluding steroid dienone is 3. The third-order valence-corrected chi connectivity index (χ3v) is 3.07. The normalized spacial score (nSPS) is 12.9. The first kappa shape index (κ1) is 10.8. The van der Waals surface area contributed by atoms with Crippen LogP contribution in [-0.2, 0) is 6.42 Å². The first-order chi connectivity index (χ1) is 8.92. The Morgan fingerprint density at radius 1 is 0.833 bits per heavy atom. The molecule has 0 aliphatic heterocycles. The van der Waals surface area contributed by atoms with Crippen LogP contribution in [0.15, 0.2) is 66.8 Å². The van der Waals surface area contributed by atoms with Crippen LogP contribution in [0.4, 0.5) is 11.4 Å². The van der Waals surface area contributed by atoms with Crippen molar-refractivity contribution >= 4 is 17.5 Å². The van der Waals surface area contributed by atoms with Crippen molar-refractivity contribution in [3.63, 3.8) is 0 Å². The first-order valence-corrected chi connectivity index (χ1v) is 6.20. The molecule has 0 radical (unpaired) electrons. The maximum atomic E-state index is 3.43. The van der Waals surface area contributed by atoms with Crippen molar-refractivity contribution in [3.8, 4) is 0 Å². The number of hydrogen-bond donors (Lipinski definition) is 1. The van der Waals surface area contributed by atoms with Gasteiger partial charge in [0, 0.05) is 11.4 Å². The van der Waals surface area contributed by atoms with Crippen LogP contribution in [0.5, 0.6) is 0 Å². The van der Waals surface area contributed by atoms with E-state index in [2.05, 4.69) is 60.0 Å². The molecule has 0 bridgehead atoms. The highest BCUT2D eigenvalue weighted by atomic mass is 14.9. The van der Waals surface area contributed by atoms with Gasteiger partial charge in [-0.15, -0.1) is 0 Å². The van der Waals surface area contributed by atoms with E-state index in [1.807, 2.05) is 18.2 Å². The smallest absolute Gasteiger partial charge is 0.0387 e. The molecule has 0 aromatic heterocycles. The fourth-order valence-corrected chi connectivity index (χ4v) is 2.14. The molecule has 0 saturated carbocycles. The molecule has 18 heavy (non-hydrogen) atoms. The minimum absolute atomic E-state index is 0.993. The Labute approximate surface area is 107 Å². The lowest BCUT2D eigenvalue weighted by molar-refractivity contribution is 1.26. The number of anilines is 2. The molecule has 0 unspecified atom stereocenters. The zero-order valence-corrected chi connectivity index (χ0v) is 10.1. The summed E-state index contributed by atoms with van der Waals surface area (Å²) in [6.45, 7) is 0. The van der Waals surface area contributed by atoms with Crippen molar-refractivity contribution in [2.75, 3.05) is 5.32 Å². The monoisotopic (exact) mass is 233 g/mol. The molecular formula is C17H15N. The fourth-order valence-electron chi connectivity index (χ4n) is 2.14. The third kappa shape index (κ3) is 2.35. The molecule has 2 aromatic carbocycles. The summed E-state index contributed by atoms with van der Waals surface area (Å²) in [7, 11) is 0. The molecule has 0 amide bonds. The van der Waals surface area contributed by atoms with Gasteiger partial charge in [0.25, 0.3) is 0 Å². The Kier molecular flexibility index (Phi) is 2.97. The van der Waals surface area contributed by atoms with Crippen molar-refractivity contribution in [2.24, 2.45) is 0 Å². The maximum Gasteiger partial charge on any atom is 0.0387 e. The number of hydrogen-bond acceptors (Lipinski definition) is 1. The minimum Gasteiger partial charge on any atom is -0.356 e. The summed E-state index contributed by atoms with van der Waals surface area (Å²) in [6.07, 6.45) is 9.53. The van der Waals surface area contributed by atoms with Gasteiger partial charge in [-0.2, -0.15) is 0 Å². The van der Waals surface area contributed by atoms with E-state index in [1.165, 1.54) is 11.1 Å². The average molecular weight is 233 g/mol. The van der Waals surface area contributed by atoms with E-state index in [0.29, 0.717) is 0 Å². The molecule has 1 aliphatic carbocycles. The molecule has 1 aliphatic rings. The highest BCUT2D eigenvalue weighted by Gasteiger charge is 2.02. The zero-order chi connectivity index (χ0) is 12.2. The van der Waals surface area contributed by atoms with Crippen molar-refractivity contribution in [1.29, 1.82) is 0 Å². The van der Waals surface area contributed by atoms with Crippen LogP contribution in [0.2, 0.25) is 0 Å². The quantitative estimate of drug-likeness (QED) is 0.802. The van der Waals surface area contributed by atoms with Gasteiger partial charge in [-0.05, 0) is 41.8 Å². The first-order valence-electron chi connectivity index (χ1n) is 6.20. The van der Waals surface area contributed by atoms with Crippen LogP contribution < -0.4 is 5.32 Å². The van der Waals surface area contributed by atoms with Gasteiger partial charge in [-0.25, -0.2) is 0 Å². The van der Waals surface area contributed by atoms with Crippen LogP contribution in [-0.4, -0.2) is 0 Å².